The normalized spacial score (nSPS) is 26.6. The number of nitrogens with one attached hydrogen (secondary N) is 2. The van der Waals surface area contributed by atoms with Gasteiger partial charge in [0.25, 0.3) is 0 Å². The monoisotopic (exact) mass is 622 g/mol. The van der Waals surface area contributed by atoms with E-state index in [0.29, 0.717) is 36.2 Å². The topological polar surface area (TPSA) is 151 Å². The highest BCUT2D eigenvalue weighted by Gasteiger charge is 2.58. The van der Waals surface area contributed by atoms with Gasteiger partial charge in [-0.1, -0.05) is 18.0 Å². The Bertz CT molecular complexity index is 1640. The maximum Gasteiger partial charge on any atom is 0.223 e. The van der Waals surface area contributed by atoms with Gasteiger partial charge in [-0.15, -0.1) is 0 Å². The molecule has 11 nitrogen and oxygen atoms in total. The molecule has 2 aliphatic carbocycles. The number of hydrogen-bond donors (Lipinski definition) is 4. The molecule has 2 saturated carbocycles. The van der Waals surface area contributed by atoms with E-state index >= 15 is 4.39 Å². The van der Waals surface area contributed by atoms with E-state index < -0.39 is 50.5 Å². The summed E-state index contributed by atoms with van der Waals surface area (Å²) in [5.74, 6) is -0.0928. The SMILES string of the molecule is CC(C)n1c(C(C)(C)O)nc2c(F)cc(-c3nc(N[C@]45C[C@H](NS(=O)(=O)C6CCC6)CO[C@H](C4)[C@H]5O)ncc3Cl)cc21. The van der Waals surface area contributed by atoms with E-state index in [0.717, 1.165) is 6.42 Å². The summed E-state index contributed by atoms with van der Waals surface area (Å²) in [6.07, 6.45) is 2.93. The molecule has 0 spiro atoms. The number of aliphatic hydroxyl groups is 2. The Morgan fingerprint density at radius 2 is 1.98 bits per heavy atom. The summed E-state index contributed by atoms with van der Waals surface area (Å²) in [7, 11) is -3.50. The molecule has 42 heavy (non-hydrogen) atoms. The summed E-state index contributed by atoms with van der Waals surface area (Å²) >= 11 is 6.52. The van der Waals surface area contributed by atoms with Gasteiger partial charge in [0.15, 0.2) is 5.82 Å². The van der Waals surface area contributed by atoms with Crippen LogP contribution in [0.25, 0.3) is 22.3 Å². The molecule has 2 aliphatic heterocycles. The van der Waals surface area contributed by atoms with E-state index in [1.54, 1.807) is 24.5 Å². The van der Waals surface area contributed by atoms with Gasteiger partial charge in [-0.25, -0.2) is 32.5 Å². The third-order valence-corrected chi connectivity index (χ3v) is 10.9. The minimum Gasteiger partial charge on any atom is -0.388 e. The molecule has 4 fully saturated rings. The first-order valence-electron chi connectivity index (χ1n) is 14.2. The summed E-state index contributed by atoms with van der Waals surface area (Å²) in [4.78, 5) is 13.3. The molecule has 14 heteroatoms. The number of aliphatic hydroxyl groups excluding tert-OH is 1. The van der Waals surface area contributed by atoms with E-state index in [1.165, 1.54) is 12.3 Å². The third kappa shape index (κ3) is 5.07. The Morgan fingerprint density at radius 1 is 1.24 bits per heavy atom. The first kappa shape index (κ1) is 29.6. The zero-order valence-electron chi connectivity index (χ0n) is 23.9. The predicted molar refractivity (Wildman–Crippen MR) is 156 cm³/mol. The van der Waals surface area contributed by atoms with Crippen LogP contribution in [0.2, 0.25) is 5.02 Å². The molecule has 4 atom stereocenters. The second kappa shape index (κ2) is 10.3. The Labute approximate surface area is 248 Å². The lowest BCUT2D eigenvalue weighted by atomic mass is 9.68. The van der Waals surface area contributed by atoms with Crippen LogP contribution in [0.4, 0.5) is 10.3 Å². The minimum absolute atomic E-state index is 0.122. The van der Waals surface area contributed by atoms with Gasteiger partial charge in [0, 0.05) is 24.1 Å². The summed E-state index contributed by atoms with van der Waals surface area (Å²) in [6, 6.07) is 2.37. The quantitative estimate of drug-likeness (QED) is 0.295. The lowest BCUT2D eigenvalue weighted by molar-refractivity contribution is -0.121. The highest BCUT2D eigenvalue weighted by atomic mass is 35.5. The molecule has 4 heterocycles. The van der Waals surface area contributed by atoms with Crippen LogP contribution in [0, 0.1) is 5.82 Å². The van der Waals surface area contributed by atoms with Gasteiger partial charge in [-0.05, 0) is 59.1 Å². The second-order valence-corrected chi connectivity index (χ2v) is 15.0. The number of benzene rings is 1. The summed E-state index contributed by atoms with van der Waals surface area (Å²) < 4.78 is 51.4. The van der Waals surface area contributed by atoms with Gasteiger partial charge in [0.2, 0.25) is 16.0 Å². The zero-order chi connectivity index (χ0) is 30.2. The van der Waals surface area contributed by atoms with Crippen LogP contribution in [0.15, 0.2) is 18.3 Å². The molecule has 4 aliphatic rings. The van der Waals surface area contributed by atoms with Crippen LogP contribution in [0.5, 0.6) is 0 Å². The van der Waals surface area contributed by atoms with Crippen LogP contribution in [-0.2, 0) is 20.4 Å². The number of hydrogen-bond acceptors (Lipinski definition) is 9. The molecular weight excluding hydrogens is 587 g/mol. The van der Waals surface area contributed by atoms with Crippen molar-refractivity contribution in [3.8, 4) is 11.3 Å². The van der Waals surface area contributed by atoms with Gasteiger partial charge in [-0.2, -0.15) is 0 Å². The fourth-order valence-electron chi connectivity index (χ4n) is 6.24. The fourth-order valence-corrected chi connectivity index (χ4v) is 8.20. The number of imidazole rings is 1. The molecular formula is C28H36ClFN6O5S. The Balaban J connectivity index is 1.33. The number of ether oxygens (including phenoxy) is 1. The summed E-state index contributed by atoms with van der Waals surface area (Å²) in [6.45, 7) is 7.20. The standard InChI is InChI=1S/C28H36ClFN6O5S/c1-14(2)36-20-9-15(8-19(30)23(20)32-25(36)27(3,4)38)22-18(29)12-31-26(33-22)34-28-10-16(13-41-21(11-28)24(28)37)35-42(39,40)17-6-5-7-17/h8-9,12,14,16-17,21,24,35,37-38H,5-7,10-11,13H2,1-4H3,(H,31,33,34)/t16-,21+,24+,28+/m0/s1. The molecule has 228 valence electrons. The highest BCUT2D eigenvalue weighted by Crippen LogP contribution is 2.44. The number of rotatable bonds is 8. The van der Waals surface area contributed by atoms with E-state index in [2.05, 4.69) is 25.0 Å². The molecule has 7 rings (SSSR count). The molecule has 0 amide bonds. The third-order valence-electron chi connectivity index (χ3n) is 8.62. The van der Waals surface area contributed by atoms with Crippen LogP contribution >= 0.6 is 11.6 Å². The Hall–Kier alpha value is -2.42. The number of nitrogens with zero attached hydrogens (tertiary/aromatic N) is 4. The summed E-state index contributed by atoms with van der Waals surface area (Å²) in [5, 5.41) is 24.8. The molecule has 2 saturated heterocycles. The lowest BCUT2D eigenvalue weighted by Gasteiger charge is -2.50. The van der Waals surface area contributed by atoms with Gasteiger partial charge in [0.1, 0.15) is 23.0 Å². The van der Waals surface area contributed by atoms with Crippen molar-refractivity contribution in [2.75, 3.05) is 11.9 Å². The number of halogens is 2. The first-order chi connectivity index (χ1) is 19.7. The maximum absolute atomic E-state index is 15.4. The van der Waals surface area contributed by atoms with E-state index in [1.807, 2.05) is 13.8 Å². The summed E-state index contributed by atoms with van der Waals surface area (Å²) in [5.41, 5.74) is -0.951. The lowest BCUT2D eigenvalue weighted by Crippen LogP contribution is -2.66. The van der Waals surface area contributed by atoms with Crippen molar-refractivity contribution in [1.29, 1.82) is 0 Å². The molecule has 3 aromatic rings. The van der Waals surface area contributed by atoms with Gasteiger partial charge >= 0.3 is 0 Å². The Morgan fingerprint density at radius 3 is 2.60 bits per heavy atom. The highest BCUT2D eigenvalue weighted by molar-refractivity contribution is 7.90. The average molecular weight is 623 g/mol. The molecule has 2 aromatic heterocycles. The number of anilines is 1. The van der Waals surface area contributed by atoms with Crippen LogP contribution in [0.1, 0.15) is 71.7 Å². The Kier molecular flexibility index (Phi) is 7.30. The van der Waals surface area contributed by atoms with Crippen LogP contribution in [0.3, 0.4) is 0 Å². The zero-order valence-corrected chi connectivity index (χ0v) is 25.5. The van der Waals surface area contributed by atoms with Crippen LogP contribution in [-0.4, -0.2) is 73.8 Å². The largest absolute Gasteiger partial charge is 0.388 e. The van der Waals surface area contributed by atoms with Gasteiger partial charge in [-0.3, -0.25) is 0 Å². The second-order valence-electron chi connectivity index (χ2n) is 12.6. The predicted octanol–water partition coefficient (Wildman–Crippen LogP) is 3.64. The van der Waals surface area contributed by atoms with Gasteiger partial charge < -0.3 is 24.8 Å². The van der Waals surface area contributed by atoms with Crippen molar-refractivity contribution in [2.45, 2.75) is 100 Å². The van der Waals surface area contributed by atoms with E-state index in [9.17, 15) is 18.6 Å². The molecule has 0 radical (unpaired) electrons. The first-order valence-corrected chi connectivity index (χ1v) is 16.2. The van der Waals surface area contributed by atoms with Crippen molar-refractivity contribution < 1.29 is 27.8 Å². The smallest absolute Gasteiger partial charge is 0.223 e. The van der Waals surface area contributed by atoms with Gasteiger partial charge in [0.05, 0.1) is 45.9 Å². The number of aromatic nitrogens is 4. The van der Waals surface area contributed by atoms with E-state index in [4.69, 9.17) is 16.3 Å². The number of fused-ring (bicyclic) bond motifs is 4. The van der Waals surface area contributed by atoms with Crippen molar-refractivity contribution >= 4 is 38.6 Å². The molecule has 2 bridgehead atoms. The average Bonchev–Trinajstić information content (AvgIpc) is 3.11. The van der Waals surface area contributed by atoms with Crippen molar-refractivity contribution in [2.24, 2.45) is 0 Å². The molecule has 4 N–H and O–H groups in total. The molecule has 0 unspecified atom stereocenters. The van der Waals surface area contributed by atoms with Crippen molar-refractivity contribution in [3.63, 3.8) is 0 Å². The van der Waals surface area contributed by atoms with Crippen LogP contribution < -0.4 is 10.0 Å². The van der Waals surface area contributed by atoms with Crippen molar-refractivity contribution in [3.05, 3.63) is 35.0 Å². The number of sulfonamides is 1. The van der Waals surface area contributed by atoms with E-state index in [-0.39, 0.29) is 41.3 Å². The minimum atomic E-state index is -3.50. The van der Waals surface area contributed by atoms with Crippen molar-refractivity contribution in [1.82, 2.24) is 24.2 Å². The fraction of sp³-hybridized carbons (Fsp3) is 0.607. The maximum atomic E-state index is 15.4. The molecule has 1 aromatic carbocycles.